The van der Waals surface area contributed by atoms with Crippen LogP contribution in [0.15, 0.2) is 0 Å². The summed E-state index contributed by atoms with van der Waals surface area (Å²) >= 11 is 0. The van der Waals surface area contributed by atoms with Crippen LogP contribution in [0.25, 0.3) is 0 Å². The van der Waals surface area contributed by atoms with E-state index in [-0.39, 0.29) is 21.7 Å². The fraction of sp³-hybridized carbons (Fsp3) is 0.929. The normalized spacial score (nSPS) is 11.9. The van der Waals surface area contributed by atoms with E-state index in [2.05, 4.69) is 6.92 Å². The number of rotatable bonds is 12. The Morgan fingerprint density at radius 3 is 1.67 bits per heavy atom. The Hall–Kier alpha value is 0.144. The van der Waals surface area contributed by atoms with Gasteiger partial charge in [0.05, 0.1) is 0 Å². The number of hydrogen-bond acceptors (Lipinski definition) is 2. The first-order valence-electron chi connectivity index (χ1n) is 7.09. The van der Waals surface area contributed by atoms with Gasteiger partial charge in [-0.25, -0.2) is 4.79 Å². The summed E-state index contributed by atoms with van der Waals surface area (Å²) < 4.78 is 0. The minimum atomic E-state index is -1.16. The molecule has 1 unspecified atom stereocenters. The summed E-state index contributed by atoms with van der Waals surface area (Å²) in [6.45, 7) is 2.23. The van der Waals surface area contributed by atoms with Crippen LogP contribution in [-0.4, -0.2) is 22.3 Å². The summed E-state index contributed by atoms with van der Waals surface area (Å²) in [4.78, 5) is 10.3. The molecule has 0 aliphatic rings. The van der Waals surface area contributed by atoms with E-state index >= 15 is 0 Å². The zero-order chi connectivity index (χ0) is 12.9. The smallest absolute Gasteiger partial charge is 0.332 e. The van der Waals surface area contributed by atoms with E-state index in [0.29, 0.717) is 6.42 Å². The molecule has 0 radical (unpaired) electrons. The summed E-state index contributed by atoms with van der Waals surface area (Å²) in [5.41, 5.74) is 0. The van der Waals surface area contributed by atoms with Crippen LogP contribution in [0.2, 0.25) is 0 Å². The molecule has 4 heteroatoms. The fourth-order valence-corrected chi connectivity index (χ4v) is 1.95. The summed E-state index contributed by atoms with van der Waals surface area (Å²) in [6.07, 6.45) is 11.5. The molecule has 1 atom stereocenters. The van der Waals surface area contributed by atoms with Crippen molar-refractivity contribution in [1.82, 2.24) is 0 Å². The maximum atomic E-state index is 10.3. The molecule has 0 amide bonds. The molecule has 0 rings (SSSR count). The molecule has 0 aromatic rings. The minimum absolute atomic E-state index is 0. The Morgan fingerprint density at radius 2 is 1.28 bits per heavy atom. The number of carboxylic acid groups (broad SMARTS) is 1. The Labute approximate surface area is 126 Å². The first-order chi connectivity index (χ1) is 8.18. The van der Waals surface area contributed by atoms with Crippen LogP contribution in [0, 0.1) is 0 Å². The van der Waals surface area contributed by atoms with E-state index < -0.39 is 12.1 Å². The van der Waals surface area contributed by atoms with Gasteiger partial charge in [0.25, 0.3) is 0 Å². The predicted octanol–water partition coefficient (Wildman–Crippen LogP) is 3.74. The Bertz CT molecular complexity index is 186. The average molecular weight is 292 g/mol. The average Bonchev–Trinajstić information content (AvgIpc) is 2.31. The van der Waals surface area contributed by atoms with Crippen molar-refractivity contribution in [2.24, 2.45) is 0 Å². The van der Waals surface area contributed by atoms with Crippen LogP contribution in [0.5, 0.6) is 0 Å². The molecule has 0 fully saturated rings. The van der Waals surface area contributed by atoms with Gasteiger partial charge in [0.1, 0.15) is 0 Å². The van der Waals surface area contributed by atoms with E-state index in [4.69, 9.17) is 10.2 Å². The van der Waals surface area contributed by atoms with Crippen LogP contribution >= 0.6 is 0 Å². The third-order valence-electron chi connectivity index (χ3n) is 3.12. The largest absolute Gasteiger partial charge is 0.479 e. The number of aliphatic hydroxyl groups is 1. The molecule has 0 heterocycles. The van der Waals surface area contributed by atoms with Gasteiger partial charge >= 0.3 is 5.97 Å². The third kappa shape index (κ3) is 14.2. The molecule has 0 bridgehead atoms. The van der Waals surface area contributed by atoms with Gasteiger partial charge < -0.3 is 10.2 Å². The van der Waals surface area contributed by atoms with Crippen molar-refractivity contribution in [3.8, 4) is 0 Å². The molecular weight excluding hydrogens is 264 g/mol. The second-order valence-electron chi connectivity index (χ2n) is 4.82. The SMILES string of the molecule is CCCCCCCCCCCCC(O)C(=O)O.[Ti]. The van der Waals surface area contributed by atoms with E-state index in [1.165, 1.54) is 51.4 Å². The second-order valence-corrected chi connectivity index (χ2v) is 4.82. The molecule has 0 saturated carbocycles. The number of carbonyl (C=O) groups is 1. The van der Waals surface area contributed by atoms with Crippen LogP contribution in [0.3, 0.4) is 0 Å². The monoisotopic (exact) mass is 292 g/mol. The molecule has 0 aromatic carbocycles. The number of aliphatic hydroxyl groups excluding tert-OH is 1. The fourth-order valence-electron chi connectivity index (χ4n) is 1.95. The topological polar surface area (TPSA) is 57.5 Å². The Morgan fingerprint density at radius 1 is 0.889 bits per heavy atom. The van der Waals surface area contributed by atoms with Crippen molar-refractivity contribution in [2.75, 3.05) is 0 Å². The Kier molecular flexibility index (Phi) is 17.3. The molecule has 3 nitrogen and oxygen atoms in total. The summed E-state index contributed by atoms with van der Waals surface area (Å²) in [6, 6.07) is 0. The molecule has 2 N–H and O–H groups in total. The maximum Gasteiger partial charge on any atom is 0.332 e. The van der Waals surface area contributed by atoms with Crippen LogP contribution in [-0.2, 0) is 26.5 Å². The van der Waals surface area contributed by atoms with Gasteiger partial charge in [0, 0.05) is 21.7 Å². The van der Waals surface area contributed by atoms with Gasteiger partial charge in [0.2, 0.25) is 0 Å². The molecule has 0 aliphatic heterocycles. The predicted molar refractivity (Wildman–Crippen MR) is 70.1 cm³/mol. The van der Waals surface area contributed by atoms with Crippen molar-refractivity contribution in [2.45, 2.75) is 83.7 Å². The van der Waals surface area contributed by atoms with E-state index in [9.17, 15) is 4.79 Å². The number of hydrogen-bond donors (Lipinski definition) is 2. The van der Waals surface area contributed by atoms with Crippen molar-refractivity contribution >= 4 is 5.97 Å². The van der Waals surface area contributed by atoms with E-state index in [0.717, 1.165) is 12.8 Å². The zero-order valence-electron chi connectivity index (χ0n) is 11.7. The van der Waals surface area contributed by atoms with E-state index in [1.54, 1.807) is 0 Å². The standard InChI is InChI=1S/C14H28O3.Ti/c1-2-3-4-5-6-7-8-9-10-11-12-13(15)14(16)17;/h13,15H,2-12H2,1H3,(H,16,17);. The van der Waals surface area contributed by atoms with Gasteiger partial charge in [0.15, 0.2) is 6.10 Å². The van der Waals surface area contributed by atoms with Crippen molar-refractivity contribution < 1.29 is 36.7 Å². The zero-order valence-corrected chi connectivity index (χ0v) is 13.2. The Balaban J connectivity index is 0. The molecule has 18 heavy (non-hydrogen) atoms. The van der Waals surface area contributed by atoms with E-state index in [1.807, 2.05) is 0 Å². The first kappa shape index (κ1) is 20.5. The summed E-state index contributed by atoms with van der Waals surface area (Å²) in [7, 11) is 0. The third-order valence-corrected chi connectivity index (χ3v) is 3.12. The van der Waals surface area contributed by atoms with Crippen molar-refractivity contribution in [3.63, 3.8) is 0 Å². The van der Waals surface area contributed by atoms with Gasteiger partial charge in [-0.15, -0.1) is 0 Å². The molecule has 0 aliphatic carbocycles. The summed E-state index contributed by atoms with van der Waals surface area (Å²) in [5, 5.41) is 17.5. The van der Waals surface area contributed by atoms with Crippen LogP contribution in [0.1, 0.15) is 77.6 Å². The van der Waals surface area contributed by atoms with Crippen LogP contribution < -0.4 is 0 Å². The van der Waals surface area contributed by atoms with Crippen molar-refractivity contribution in [3.05, 3.63) is 0 Å². The van der Waals surface area contributed by atoms with Crippen molar-refractivity contribution in [1.29, 1.82) is 0 Å². The second kappa shape index (κ2) is 15.2. The maximum absolute atomic E-state index is 10.3. The molecule has 0 aromatic heterocycles. The van der Waals surface area contributed by atoms with Crippen LogP contribution in [0.4, 0.5) is 0 Å². The van der Waals surface area contributed by atoms with Gasteiger partial charge in [-0.2, -0.15) is 0 Å². The minimum Gasteiger partial charge on any atom is -0.479 e. The molecule has 106 valence electrons. The molecule has 0 saturated heterocycles. The molecular formula is C14H28O3Ti. The number of carboxylic acids is 1. The molecule has 0 spiro atoms. The summed E-state index contributed by atoms with van der Waals surface area (Å²) in [5.74, 6) is -1.10. The van der Waals surface area contributed by atoms with Gasteiger partial charge in [-0.3, -0.25) is 0 Å². The number of unbranched alkanes of at least 4 members (excludes halogenated alkanes) is 9. The number of aliphatic carboxylic acids is 1. The quantitative estimate of drug-likeness (QED) is 0.425. The van der Waals surface area contributed by atoms with Gasteiger partial charge in [-0.05, 0) is 6.42 Å². The van der Waals surface area contributed by atoms with Gasteiger partial charge in [-0.1, -0.05) is 71.1 Å². The first-order valence-corrected chi connectivity index (χ1v) is 7.09.